The zero-order valence-corrected chi connectivity index (χ0v) is 10.8. The second kappa shape index (κ2) is 6.61. The number of amides is 1. The number of carbonyl (C=O) groups is 1. The van der Waals surface area contributed by atoms with Gasteiger partial charge in [0.25, 0.3) is 5.91 Å². The fourth-order valence-corrected chi connectivity index (χ4v) is 1.62. The number of para-hydroxylation sites is 1. The van der Waals surface area contributed by atoms with Gasteiger partial charge in [0.1, 0.15) is 0 Å². The number of halogens is 1. The molecule has 1 aromatic heterocycles. The second-order valence-corrected chi connectivity index (χ2v) is 4.16. The van der Waals surface area contributed by atoms with Gasteiger partial charge in [0.15, 0.2) is 0 Å². The Hall–Kier alpha value is -2.27. The Labute approximate surface area is 115 Å². The number of rotatable bonds is 5. The van der Waals surface area contributed by atoms with Crippen LogP contribution in [-0.2, 0) is 4.79 Å². The van der Waals surface area contributed by atoms with E-state index in [-0.39, 0.29) is 12.5 Å². The maximum atomic E-state index is 11.5. The summed E-state index contributed by atoms with van der Waals surface area (Å²) in [7, 11) is 0. The number of aromatic amines is 1. The SMILES string of the molecule is O=C(CNc1ccccc1Cl)N/N=C\c1ccc[nH]1. The normalized spacial score (nSPS) is 10.6. The molecule has 5 nitrogen and oxygen atoms in total. The molecule has 0 atom stereocenters. The van der Waals surface area contributed by atoms with Crippen LogP contribution in [0.1, 0.15) is 5.69 Å². The molecule has 0 aliphatic carbocycles. The Morgan fingerprint density at radius 2 is 2.16 bits per heavy atom. The second-order valence-electron chi connectivity index (χ2n) is 3.75. The summed E-state index contributed by atoms with van der Waals surface area (Å²) >= 11 is 5.95. The molecule has 98 valence electrons. The Balaban J connectivity index is 1.78. The molecule has 0 fully saturated rings. The van der Waals surface area contributed by atoms with Crippen LogP contribution in [-0.4, -0.2) is 23.7 Å². The molecule has 1 amide bonds. The lowest BCUT2D eigenvalue weighted by atomic mass is 10.3. The van der Waals surface area contributed by atoms with Gasteiger partial charge in [-0.05, 0) is 24.3 Å². The number of H-pyrrole nitrogens is 1. The first-order valence-corrected chi connectivity index (χ1v) is 6.07. The number of hydrogen-bond donors (Lipinski definition) is 3. The maximum absolute atomic E-state index is 11.5. The molecule has 0 aliphatic rings. The third-order valence-electron chi connectivity index (χ3n) is 2.33. The van der Waals surface area contributed by atoms with Crippen molar-refractivity contribution in [2.24, 2.45) is 5.10 Å². The number of nitrogens with zero attached hydrogens (tertiary/aromatic N) is 1. The van der Waals surface area contributed by atoms with Crippen LogP contribution in [0.2, 0.25) is 5.02 Å². The minimum atomic E-state index is -0.247. The Bertz CT molecular complexity index is 566. The molecule has 1 aromatic carbocycles. The lowest BCUT2D eigenvalue weighted by molar-refractivity contribution is -0.119. The molecule has 0 bridgehead atoms. The van der Waals surface area contributed by atoms with E-state index in [9.17, 15) is 4.79 Å². The summed E-state index contributed by atoms with van der Waals surface area (Å²) in [6, 6.07) is 10.9. The van der Waals surface area contributed by atoms with Gasteiger partial charge in [-0.1, -0.05) is 23.7 Å². The number of aromatic nitrogens is 1. The molecule has 19 heavy (non-hydrogen) atoms. The standard InChI is InChI=1S/C13H13ClN4O/c14-11-5-1-2-6-12(11)16-9-13(19)18-17-8-10-4-3-7-15-10/h1-8,15-16H,9H2,(H,18,19)/b17-8-. The average molecular weight is 277 g/mol. The van der Waals surface area contributed by atoms with Crippen LogP contribution >= 0.6 is 11.6 Å². The van der Waals surface area contributed by atoms with Gasteiger partial charge in [-0.3, -0.25) is 4.79 Å². The molecule has 2 aromatic rings. The predicted octanol–water partition coefficient (Wildman–Crippen LogP) is 2.23. The van der Waals surface area contributed by atoms with Crippen molar-refractivity contribution in [2.75, 3.05) is 11.9 Å². The van der Waals surface area contributed by atoms with Gasteiger partial charge in [0.2, 0.25) is 0 Å². The highest BCUT2D eigenvalue weighted by atomic mass is 35.5. The van der Waals surface area contributed by atoms with Gasteiger partial charge in [0, 0.05) is 6.20 Å². The molecule has 0 saturated carbocycles. The molecule has 0 radical (unpaired) electrons. The molecule has 6 heteroatoms. The number of anilines is 1. The average Bonchev–Trinajstić information content (AvgIpc) is 2.91. The highest BCUT2D eigenvalue weighted by Gasteiger charge is 2.01. The van der Waals surface area contributed by atoms with Crippen molar-refractivity contribution in [2.45, 2.75) is 0 Å². The molecular weight excluding hydrogens is 264 g/mol. The summed E-state index contributed by atoms with van der Waals surface area (Å²) < 4.78 is 0. The molecule has 1 heterocycles. The van der Waals surface area contributed by atoms with Gasteiger partial charge in [-0.2, -0.15) is 5.10 Å². The fourth-order valence-electron chi connectivity index (χ4n) is 1.42. The largest absolute Gasteiger partial charge is 0.375 e. The number of benzene rings is 1. The van der Waals surface area contributed by atoms with E-state index in [0.29, 0.717) is 10.7 Å². The van der Waals surface area contributed by atoms with Crippen molar-refractivity contribution in [3.63, 3.8) is 0 Å². The van der Waals surface area contributed by atoms with E-state index < -0.39 is 0 Å². The zero-order chi connectivity index (χ0) is 13.5. The number of carbonyl (C=O) groups excluding carboxylic acids is 1. The lowest BCUT2D eigenvalue weighted by Crippen LogP contribution is -2.25. The van der Waals surface area contributed by atoms with E-state index in [2.05, 4.69) is 20.8 Å². The first-order valence-electron chi connectivity index (χ1n) is 5.69. The molecule has 2 rings (SSSR count). The highest BCUT2D eigenvalue weighted by Crippen LogP contribution is 2.19. The molecule has 0 unspecified atom stereocenters. The maximum Gasteiger partial charge on any atom is 0.259 e. The van der Waals surface area contributed by atoms with Gasteiger partial charge < -0.3 is 10.3 Å². The van der Waals surface area contributed by atoms with E-state index in [0.717, 1.165) is 5.69 Å². The smallest absolute Gasteiger partial charge is 0.259 e. The minimum absolute atomic E-state index is 0.103. The zero-order valence-electron chi connectivity index (χ0n) is 10.1. The first-order chi connectivity index (χ1) is 9.25. The van der Waals surface area contributed by atoms with E-state index in [4.69, 9.17) is 11.6 Å². The van der Waals surface area contributed by atoms with Crippen molar-refractivity contribution >= 4 is 29.4 Å². The van der Waals surface area contributed by atoms with Crippen molar-refractivity contribution in [1.29, 1.82) is 0 Å². The highest BCUT2D eigenvalue weighted by molar-refractivity contribution is 6.33. The van der Waals surface area contributed by atoms with Crippen molar-refractivity contribution in [3.8, 4) is 0 Å². The van der Waals surface area contributed by atoms with Crippen LogP contribution in [0.5, 0.6) is 0 Å². The lowest BCUT2D eigenvalue weighted by Gasteiger charge is -2.06. The van der Waals surface area contributed by atoms with Crippen LogP contribution in [0.4, 0.5) is 5.69 Å². The molecule has 0 spiro atoms. The Morgan fingerprint density at radius 3 is 2.89 bits per heavy atom. The quantitative estimate of drug-likeness (QED) is 0.579. The third kappa shape index (κ3) is 4.15. The summed E-state index contributed by atoms with van der Waals surface area (Å²) in [6.07, 6.45) is 3.32. The minimum Gasteiger partial charge on any atom is -0.375 e. The molecular formula is C13H13ClN4O. The van der Waals surface area contributed by atoms with E-state index in [1.54, 1.807) is 18.3 Å². The number of hydrogen-bond acceptors (Lipinski definition) is 3. The van der Waals surface area contributed by atoms with Gasteiger partial charge >= 0.3 is 0 Å². The summed E-state index contributed by atoms with van der Waals surface area (Å²) in [6.45, 7) is 0.103. The van der Waals surface area contributed by atoms with Crippen LogP contribution in [0.15, 0.2) is 47.7 Å². The summed E-state index contributed by atoms with van der Waals surface area (Å²) in [5.74, 6) is -0.247. The van der Waals surface area contributed by atoms with Gasteiger partial charge in [-0.15, -0.1) is 0 Å². The van der Waals surface area contributed by atoms with Crippen LogP contribution in [0.3, 0.4) is 0 Å². The third-order valence-corrected chi connectivity index (χ3v) is 2.66. The van der Waals surface area contributed by atoms with Crippen LogP contribution in [0, 0.1) is 0 Å². The van der Waals surface area contributed by atoms with Crippen molar-refractivity contribution < 1.29 is 4.79 Å². The molecule has 0 saturated heterocycles. The fraction of sp³-hybridized carbons (Fsp3) is 0.0769. The summed E-state index contributed by atoms with van der Waals surface area (Å²) in [5, 5.41) is 7.32. The van der Waals surface area contributed by atoms with E-state index in [1.165, 1.54) is 6.21 Å². The predicted molar refractivity (Wildman–Crippen MR) is 76.5 cm³/mol. The van der Waals surface area contributed by atoms with E-state index >= 15 is 0 Å². The topological polar surface area (TPSA) is 69.3 Å². The van der Waals surface area contributed by atoms with Crippen molar-refractivity contribution in [3.05, 3.63) is 53.3 Å². The van der Waals surface area contributed by atoms with Gasteiger partial charge in [0.05, 0.1) is 29.2 Å². The van der Waals surface area contributed by atoms with Crippen molar-refractivity contribution in [1.82, 2.24) is 10.4 Å². The first kappa shape index (κ1) is 13.2. The monoisotopic (exact) mass is 276 g/mol. The molecule has 0 aliphatic heterocycles. The Kier molecular flexibility index (Phi) is 4.58. The van der Waals surface area contributed by atoms with Crippen LogP contribution < -0.4 is 10.7 Å². The van der Waals surface area contributed by atoms with E-state index in [1.807, 2.05) is 24.3 Å². The number of hydrazone groups is 1. The molecule has 3 N–H and O–H groups in total. The Morgan fingerprint density at radius 1 is 1.32 bits per heavy atom. The van der Waals surface area contributed by atoms with Gasteiger partial charge in [-0.25, -0.2) is 5.43 Å². The summed E-state index contributed by atoms with van der Waals surface area (Å²) in [4.78, 5) is 14.5. The van der Waals surface area contributed by atoms with Crippen LogP contribution in [0.25, 0.3) is 0 Å². The summed E-state index contributed by atoms with van der Waals surface area (Å²) in [5.41, 5.74) is 3.95. The number of nitrogens with one attached hydrogen (secondary N) is 3.